The van der Waals surface area contributed by atoms with Gasteiger partial charge in [0.05, 0.1) is 0 Å². The second-order valence-electron chi connectivity index (χ2n) is 6.51. The second kappa shape index (κ2) is 20.3. The Kier molecular flexibility index (Phi) is 21.3. The molecule has 2 aliphatic heterocycles. The van der Waals surface area contributed by atoms with Crippen molar-refractivity contribution < 1.29 is 4.57 Å². The molecule has 0 radical (unpaired) electrons. The van der Waals surface area contributed by atoms with Crippen molar-refractivity contribution in [3.63, 3.8) is 0 Å². The number of pyridine rings is 1. The maximum atomic E-state index is 2.39. The zero-order chi connectivity index (χ0) is 20.2. The number of aryl methyl sites for hydroxylation is 1. The summed E-state index contributed by atoms with van der Waals surface area (Å²) in [6, 6.07) is 6.00. The van der Waals surface area contributed by atoms with Crippen LogP contribution in [0.15, 0.2) is 30.6 Å². The molecule has 2 aliphatic rings. The Hall–Kier alpha value is -0.970. The number of likely N-dealkylation sites (tertiary alicyclic amines) is 1. The SMILES string of the molecule is CC.CC.CN1CCCCC1.CN1CCN(C)CC1.C[n+]1ccccc1. The van der Waals surface area contributed by atoms with E-state index >= 15 is 0 Å². The molecule has 1 aromatic heterocycles. The average molecular weight is 368 g/mol. The molecule has 0 saturated carbocycles. The molecule has 0 spiro atoms. The lowest BCUT2D eigenvalue weighted by Crippen LogP contribution is -2.42. The highest BCUT2D eigenvalue weighted by Crippen LogP contribution is 2.04. The first-order valence-corrected chi connectivity index (χ1v) is 10.5. The monoisotopic (exact) mass is 367 g/mol. The Balaban J connectivity index is 0. The highest BCUT2D eigenvalue weighted by molar-refractivity contribution is 4.83. The molecule has 4 nitrogen and oxygen atoms in total. The Morgan fingerprint density at radius 1 is 0.538 bits per heavy atom. The minimum absolute atomic E-state index is 1.23. The molecular weight excluding hydrogens is 320 g/mol. The minimum Gasteiger partial charge on any atom is -0.306 e. The van der Waals surface area contributed by atoms with Gasteiger partial charge in [-0.05, 0) is 47.1 Å². The summed E-state index contributed by atoms with van der Waals surface area (Å²) in [5.74, 6) is 0. The molecule has 3 rings (SSSR count). The van der Waals surface area contributed by atoms with Crippen molar-refractivity contribution in [2.75, 3.05) is 60.4 Å². The molecule has 154 valence electrons. The summed E-state index contributed by atoms with van der Waals surface area (Å²) in [5, 5.41) is 0. The molecule has 26 heavy (non-hydrogen) atoms. The number of likely N-dealkylation sites (N-methyl/N-ethyl adjacent to an activating group) is 2. The van der Waals surface area contributed by atoms with Gasteiger partial charge in [-0.3, -0.25) is 0 Å². The summed E-state index contributed by atoms with van der Waals surface area (Å²) in [6.45, 7) is 15.6. The van der Waals surface area contributed by atoms with Crippen LogP contribution >= 0.6 is 0 Å². The van der Waals surface area contributed by atoms with Gasteiger partial charge in [-0.1, -0.05) is 40.2 Å². The van der Waals surface area contributed by atoms with Crippen LogP contribution in [-0.2, 0) is 7.05 Å². The molecule has 0 amide bonds. The summed E-state index contributed by atoms with van der Waals surface area (Å²) < 4.78 is 2.00. The molecular formula is C22H47N4+. The summed E-state index contributed by atoms with van der Waals surface area (Å²) in [4.78, 5) is 7.11. The fraction of sp³-hybridized carbons (Fsp3) is 0.773. The predicted molar refractivity (Wildman–Crippen MR) is 117 cm³/mol. The van der Waals surface area contributed by atoms with Crippen molar-refractivity contribution in [2.45, 2.75) is 47.0 Å². The van der Waals surface area contributed by atoms with Crippen LogP contribution in [0.1, 0.15) is 47.0 Å². The normalized spacial score (nSPS) is 17.7. The molecule has 3 heterocycles. The molecule has 4 heteroatoms. The van der Waals surface area contributed by atoms with Crippen LogP contribution in [0.4, 0.5) is 0 Å². The molecule has 0 unspecified atom stereocenters. The molecule has 2 fully saturated rings. The first kappa shape index (κ1) is 27.3. The third kappa shape index (κ3) is 17.8. The lowest BCUT2D eigenvalue weighted by atomic mass is 10.1. The number of hydrogen-bond acceptors (Lipinski definition) is 3. The highest BCUT2D eigenvalue weighted by atomic mass is 15.2. The molecule has 0 atom stereocenters. The van der Waals surface area contributed by atoms with E-state index in [0.717, 1.165) is 0 Å². The van der Waals surface area contributed by atoms with Gasteiger partial charge in [0.25, 0.3) is 0 Å². The van der Waals surface area contributed by atoms with E-state index in [1.165, 1.54) is 58.5 Å². The number of nitrogens with zero attached hydrogens (tertiary/aromatic N) is 4. The molecule has 0 aliphatic carbocycles. The van der Waals surface area contributed by atoms with E-state index in [1.807, 2.05) is 69.9 Å². The van der Waals surface area contributed by atoms with Crippen LogP contribution in [0.5, 0.6) is 0 Å². The molecule has 0 N–H and O–H groups in total. The summed E-state index contributed by atoms with van der Waals surface area (Å²) >= 11 is 0. The van der Waals surface area contributed by atoms with E-state index in [1.54, 1.807) is 0 Å². The van der Waals surface area contributed by atoms with Gasteiger partial charge < -0.3 is 14.7 Å². The Bertz CT molecular complexity index is 346. The van der Waals surface area contributed by atoms with Crippen LogP contribution in [0, 0.1) is 0 Å². The second-order valence-corrected chi connectivity index (χ2v) is 6.51. The van der Waals surface area contributed by atoms with Crippen molar-refractivity contribution >= 4 is 0 Å². The summed E-state index contributed by atoms with van der Waals surface area (Å²) in [6.07, 6.45) is 8.28. The number of hydrogen-bond donors (Lipinski definition) is 0. The van der Waals surface area contributed by atoms with Gasteiger partial charge in [0, 0.05) is 38.3 Å². The average Bonchev–Trinajstić information content (AvgIpc) is 2.70. The maximum absolute atomic E-state index is 2.39. The zero-order valence-corrected chi connectivity index (χ0v) is 19.0. The van der Waals surface area contributed by atoms with Crippen LogP contribution in [0.3, 0.4) is 0 Å². The Morgan fingerprint density at radius 3 is 1.12 bits per heavy atom. The number of piperidine rings is 1. The lowest BCUT2D eigenvalue weighted by Gasteiger charge is -2.28. The van der Waals surface area contributed by atoms with E-state index < -0.39 is 0 Å². The van der Waals surface area contributed by atoms with Crippen LogP contribution in [0.2, 0.25) is 0 Å². The fourth-order valence-electron chi connectivity index (χ4n) is 2.44. The number of rotatable bonds is 0. The number of aromatic nitrogens is 1. The minimum atomic E-state index is 1.23. The van der Waals surface area contributed by atoms with Crippen molar-refractivity contribution in [3.05, 3.63) is 30.6 Å². The standard InChI is InChI=1S/C6H14N2.C6H13N.C6H8N.2C2H6/c1-7-3-5-8(2)6-4-7;2*1-7-5-3-2-4-6-7;2*1-2/h3-6H2,1-2H3;2-6H2,1H3;2-6H,1H3;2*1-2H3/q;;+1;;. The molecule has 0 aromatic carbocycles. The van der Waals surface area contributed by atoms with Gasteiger partial charge in [-0.25, -0.2) is 4.57 Å². The summed E-state index contributed by atoms with van der Waals surface area (Å²) in [7, 11) is 8.54. The Morgan fingerprint density at radius 2 is 0.885 bits per heavy atom. The van der Waals surface area contributed by atoms with Gasteiger partial charge in [-0.2, -0.15) is 0 Å². The topological polar surface area (TPSA) is 13.6 Å². The molecule has 1 aromatic rings. The van der Waals surface area contributed by atoms with E-state index in [9.17, 15) is 0 Å². The van der Waals surface area contributed by atoms with Gasteiger partial charge in [0.2, 0.25) is 0 Å². The van der Waals surface area contributed by atoms with E-state index in [2.05, 4.69) is 35.8 Å². The van der Waals surface area contributed by atoms with Crippen molar-refractivity contribution in [1.82, 2.24) is 14.7 Å². The maximum Gasteiger partial charge on any atom is 0.168 e. The summed E-state index contributed by atoms with van der Waals surface area (Å²) in [5.41, 5.74) is 0. The predicted octanol–water partition coefficient (Wildman–Crippen LogP) is 3.53. The van der Waals surface area contributed by atoms with Crippen molar-refractivity contribution in [3.8, 4) is 0 Å². The van der Waals surface area contributed by atoms with Gasteiger partial charge in [-0.15, -0.1) is 0 Å². The van der Waals surface area contributed by atoms with Gasteiger partial charge in [0.1, 0.15) is 7.05 Å². The van der Waals surface area contributed by atoms with Crippen LogP contribution < -0.4 is 4.57 Å². The molecule has 2 saturated heterocycles. The first-order valence-electron chi connectivity index (χ1n) is 10.5. The highest BCUT2D eigenvalue weighted by Gasteiger charge is 2.07. The van der Waals surface area contributed by atoms with E-state index in [4.69, 9.17) is 0 Å². The number of piperazine rings is 1. The molecule has 0 bridgehead atoms. The third-order valence-electron chi connectivity index (χ3n) is 4.17. The Labute approximate surface area is 164 Å². The fourth-order valence-corrected chi connectivity index (χ4v) is 2.44. The smallest absolute Gasteiger partial charge is 0.168 e. The van der Waals surface area contributed by atoms with E-state index in [0.29, 0.717) is 0 Å². The lowest BCUT2D eigenvalue weighted by molar-refractivity contribution is -0.671. The zero-order valence-electron chi connectivity index (χ0n) is 19.0. The first-order chi connectivity index (χ1) is 12.6. The van der Waals surface area contributed by atoms with Gasteiger partial charge in [0.15, 0.2) is 12.4 Å². The quantitative estimate of drug-likeness (QED) is 0.652. The van der Waals surface area contributed by atoms with Crippen molar-refractivity contribution in [1.29, 1.82) is 0 Å². The van der Waals surface area contributed by atoms with E-state index in [-0.39, 0.29) is 0 Å². The third-order valence-corrected chi connectivity index (χ3v) is 4.17. The largest absolute Gasteiger partial charge is 0.306 e. The van der Waals surface area contributed by atoms with Crippen LogP contribution in [-0.4, -0.2) is 75.1 Å². The van der Waals surface area contributed by atoms with Gasteiger partial charge >= 0.3 is 0 Å². The van der Waals surface area contributed by atoms with Crippen LogP contribution in [0.25, 0.3) is 0 Å². The van der Waals surface area contributed by atoms with Crippen molar-refractivity contribution in [2.24, 2.45) is 7.05 Å².